The molecule has 0 unspecified atom stereocenters. The molecule has 1 saturated heterocycles. The molecule has 1 rings (SSSR count). The first-order valence-electron chi connectivity index (χ1n) is 6.27. The minimum Gasteiger partial charge on any atom is -0.396 e. The molecule has 1 heterocycles. The zero-order chi connectivity index (χ0) is 12.5. The lowest BCUT2D eigenvalue weighted by Crippen LogP contribution is -2.40. The number of hydrogen-bond acceptors (Lipinski definition) is 3. The highest BCUT2D eigenvalue weighted by Gasteiger charge is 2.32. The van der Waals surface area contributed by atoms with E-state index < -0.39 is 0 Å². The number of rotatable bonds is 7. The second kappa shape index (κ2) is 10.1. The molecule has 1 aliphatic rings. The second-order valence-corrected chi connectivity index (χ2v) is 4.30. The van der Waals surface area contributed by atoms with Crippen molar-refractivity contribution in [3.8, 4) is 0 Å². The Morgan fingerprint density at radius 2 is 2.22 bits per heavy atom. The molecule has 18 heavy (non-hydrogen) atoms. The van der Waals surface area contributed by atoms with E-state index in [0.717, 1.165) is 45.2 Å². The van der Waals surface area contributed by atoms with Crippen molar-refractivity contribution in [2.75, 3.05) is 26.2 Å². The van der Waals surface area contributed by atoms with Crippen LogP contribution in [0.5, 0.6) is 0 Å². The first-order chi connectivity index (χ1) is 8.29. The van der Waals surface area contributed by atoms with Gasteiger partial charge in [-0.3, -0.25) is 14.5 Å². The van der Waals surface area contributed by atoms with Gasteiger partial charge in [-0.1, -0.05) is 0 Å². The van der Waals surface area contributed by atoms with Crippen molar-refractivity contribution in [1.29, 1.82) is 0 Å². The van der Waals surface area contributed by atoms with Gasteiger partial charge in [0.2, 0.25) is 5.91 Å². The lowest BCUT2D eigenvalue weighted by atomic mass is 10.2. The Labute approximate surface area is 115 Å². The maximum atomic E-state index is 11.8. The van der Waals surface area contributed by atoms with Crippen molar-refractivity contribution in [3.05, 3.63) is 11.4 Å². The standard InChI is InChI=1S/C12H21N3O2.ClH/c1-13-11-6-5-8-15(11)12(17)10-14-7-3-2-4-9-16;/h11,14,16H,2-10H2;1H/t11-;/m0./s1. The molecule has 1 aliphatic heterocycles. The summed E-state index contributed by atoms with van der Waals surface area (Å²) in [6.45, 7) is 9.07. The number of carbonyl (C=O) groups excluding carboxylic acids is 1. The van der Waals surface area contributed by atoms with Crippen LogP contribution in [0.15, 0.2) is 0 Å². The van der Waals surface area contributed by atoms with Crippen LogP contribution in [0, 0.1) is 6.57 Å². The largest absolute Gasteiger partial charge is 0.396 e. The molecule has 0 aromatic heterocycles. The van der Waals surface area contributed by atoms with Crippen molar-refractivity contribution >= 4 is 18.3 Å². The van der Waals surface area contributed by atoms with Gasteiger partial charge in [0.15, 0.2) is 0 Å². The van der Waals surface area contributed by atoms with E-state index in [1.165, 1.54) is 0 Å². The molecule has 1 atom stereocenters. The smallest absolute Gasteiger partial charge is 0.300 e. The lowest BCUT2D eigenvalue weighted by molar-refractivity contribution is -0.130. The first-order valence-corrected chi connectivity index (χ1v) is 6.27. The molecule has 5 nitrogen and oxygen atoms in total. The fraction of sp³-hybridized carbons (Fsp3) is 0.833. The SMILES string of the molecule is Cl.[C-]#[N+][C@@H]1CCCN1C(=O)CNCCCCCO. The molecule has 2 N–H and O–H groups in total. The third-order valence-corrected chi connectivity index (χ3v) is 2.98. The van der Waals surface area contributed by atoms with Crippen LogP contribution in [0.1, 0.15) is 32.1 Å². The fourth-order valence-electron chi connectivity index (χ4n) is 2.01. The van der Waals surface area contributed by atoms with Gasteiger partial charge in [0.25, 0.3) is 0 Å². The van der Waals surface area contributed by atoms with Crippen LogP contribution in [0.4, 0.5) is 0 Å². The number of amides is 1. The predicted molar refractivity (Wildman–Crippen MR) is 72.4 cm³/mol. The summed E-state index contributed by atoms with van der Waals surface area (Å²) < 4.78 is 0. The third kappa shape index (κ3) is 5.67. The summed E-state index contributed by atoms with van der Waals surface area (Å²) in [5.41, 5.74) is 0. The molecule has 104 valence electrons. The van der Waals surface area contributed by atoms with Gasteiger partial charge in [-0.05, 0) is 32.2 Å². The average Bonchev–Trinajstić information content (AvgIpc) is 2.81. The Hall–Kier alpha value is -0.830. The van der Waals surface area contributed by atoms with Crippen molar-refractivity contribution in [2.24, 2.45) is 0 Å². The zero-order valence-electron chi connectivity index (χ0n) is 10.6. The quantitative estimate of drug-likeness (QED) is 0.539. The number of hydrogen-bond donors (Lipinski definition) is 2. The van der Waals surface area contributed by atoms with Crippen LogP contribution in [0.3, 0.4) is 0 Å². The maximum Gasteiger partial charge on any atom is 0.300 e. The number of carbonyl (C=O) groups is 1. The summed E-state index contributed by atoms with van der Waals surface area (Å²) in [6, 6.07) is 0. The maximum absolute atomic E-state index is 11.8. The minimum absolute atomic E-state index is 0. The first kappa shape index (κ1) is 17.2. The summed E-state index contributed by atoms with van der Waals surface area (Å²) in [5.74, 6) is 0.0330. The highest BCUT2D eigenvalue weighted by molar-refractivity contribution is 5.85. The van der Waals surface area contributed by atoms with E-state index in [4.69, 9.17) is 11.7 Å². The second-order valence-electron chi connectivity index (χ2n) is 4.30. The van der Waals surface area contributed by atoms with Crippen LogP contribution in [-0.4, -0.2) is 48.3 Å². The summed E-state index contributed by atoms with van der Waals surface area (Å²) >= 11 is 0. The summed E-state index contributed by atoms with van der Waals surface area (Å²) in [4.78, 5) is 16.9. The molecular formula is C12H22ClN3O2. The normalized spacial score (nSPS) is 18.2. The van der Waals surface area contributed by atoms with E-state index in [1.54, 1.807) is 4.90 Å². The minimum atomic E-state index is -0.237. The van der Waals surface area contributed by atoms with Gasteiger partial charge in [-0.15, -0.1) is 12.4 Å². The van der Waals surface area contributed by atoms with E-state index >= 15 is 0 Å². The van der Waals surface area contributed by atoms with Crippen molar-refractivity contribution in [1.82, 2.24) is 10.2 Å². The number of halogens is 1. The predicted octanol–water partition coefficient (Wildman–Crippen LogP) is 1.03. The summed E-state index contributed by atoms with van der Waals surface area (Å²) in [6.07, 6.45) is 4.29. The highest BCUT2D eigenvalue weighted by atomic mass is 35.5. The van der Waals surface area contributed by atoms with Crippen molar-refractivity contribution in [3.63, 3.8) is 0 Å². The Balaban J connectivity index is 0.00000289. The van der Waals surface area contributed by atoms with Gasteiger partial charge in [-0.25, -0.2) is 6.57 Å². The molecule has 1 amide bonds. The number of nitrogens with one attached hydrogen (secondary N) is 1. The van der Waals surface area contributed by atoms with E-state index in [0.29, 0.717) is 6.54 Å². The molecule has 0 aromatic carbocycles. The van der Waals surface area contributed by atoms with Gasteiger partial charge in [-0.2, -0.15) is 0 Å². The van der Waals surface area contributed by atoms with Crippen LogP contribution in [-0.2, 0) is 4.79 Å². The average molecular weight is 276 g/mol. The molecule has 0 spiro atoms. The molecular weight excluding hydrogens is 254 g/mol. The molecule has 1 fully saturated rings. The summed E-state index contributed by atoms with van der Waals surface area (Å²) in [5, 5.41) is 11.7. The molecule has 0 radical (unpaired) electrons. The van der Waals surface area contributed by atoms with Gasteiger partial charge in [0.1, 0.15) is 0 Å². The fourth-order valence-corrected chi connectivity index (χ4v) is 2.01. The molecule has 0 aliphatic carbocycles. The molecule has 0 saturated carbocycles. The van der Waals surface area contributed by atoms with Gasteiger partial charge in [0, 0.05) is 19.6 Å². The van der Waals surface area contributed by atoms with Crippen LogP contribution in [0.2, 0.25) is 0 Å². The van der Waals surface area contributed by atoms with Crippen LogP contribution >= 0.6 is 12.4 Å². The topological polar surface area (TPSA) is 56.9 Å². The molecule has 6 heteroatoms. The van der Waals surface area contributed by atoms with Crippen LogP contribution in [0.25, 0.3) is 4.85 Å². The number of likely N-dealkylation sites (tertiary alicyclic amines) is 1. The van der Waals surface area contributed by atoms with E-state index in [1.807, 2.05) is 0 Å². The Bertz CT molecular complexity index is 281. The Morgan fingerprint density at radius 1 is 1.44 bits per heavy atom. The Morgan fingerprint density at radius 3 is 2.89 bits per heavy atom. The van der Waals surface area contributed by atoms with E-state index in [-0.39, 0.29) is 31.1 Å². The van der Waals surface area contributed by atoms with E-state index in [9.17, 15) is 4.79 Å². The van der Waals surface area contributed by atoms with Gasteiger partial charge in [0.05, 0.1) is 6.54 Å². The van der Waals surface area contributed by atoms with Gasteiger partial charge >= 0.3 is 6.17 Å². The van der Waals surface area contributed by atoms with Gasteiger partial charge < -0.3 is 10.4 Å². The van der Waals surface area contributed by atoms with Crippen LogP contribution < -0.4 is 5.32 Å². The van der Waals surface area contributed by atoms with E-state index in [2.05, 4.69) is 10.2 Å². The number of unbranched alkanes of at least 4 members (excludes halogenated alkanes) is 2. The third-order valence-electron chi connectivity index (χ3n) is 2.98. The molecule has 0 bridgehead atoms. The highest BCUT2D eigenvalue weighted by Crippen LogP contribution is 2.17. The number of aliphatic hydroxyl groups is 1. The zero-order valence-corrected chi connectivity index (χ0v) is 11.4. The monoisotopic (exact) mass is 275 g/mol. The Kier molecular flexibility index (Phi) is 9.66. The lowest BCUT2D eigenvalue weighted by Gasteiger charge is -2.16. The number of nitrogens with zero attached hydrogens (tertiary/aromatic N) is 2. The summed E-state index contributed by atoms with van der Waals surface area (Å²) in [7, 11) is 0. The number of aliphatic hydroxyl groups excluding tert-OH is 1. The van der Waals surface area contributed by atoms with Crippen molar-refractivity contribution in [2.45, 2.75) is 38.3 Å². The molecule has 0 aromatic rings. The van der Waals surface area contributed by atoms with Crippen molar-refractivity contribution < 1.29 is 9.90 Å².